The Morgan fingerprint density at radius 2 is 1.67 bits per heavy atom. The van der Waals surface area contributed by atoms with Gasteiger partial charge in [0.15, 0.2) is 0 Å². The lowest BCUT2D eigenvalue weighted by atomic mass is 10.2. The number of methoxy groups -OCH3 is 1. The molecule has 0 aliphatic carbocycles. The summed E-state index contributed by atoms with van der Waals surface area (Å²) in [6.07, 6.45) is 0. The van der Waals surface area contributed by atoms with Gasteiger partial charge in [-0.1, -0.05) is 12.1 Å². The molecule has 2 aromatic rings. The minimum Gasteiger partial charge on any atom is -0.489 e. The van der Waals surface area contributed by atoms with Gasteiger partial charge in [-0.15, -0.1) is 0 Å². The molecule has 5 N–H and O–H groups in total. The van der Waals surface area contributed by atoms with Gasteiger partial charge in [-0.3, -0.25) is 0 Å². The SMILES string of the molecule is COCCOc1ccc(N)cc1NCc1ccc(N)cc1. The molecule has 0 heterocycles. The van der Waals surface area contributed by atoms with Crippen LogP contribution in [0.25, 0.3) is 0 Å². The van der Waals surface area contributed by atoms with Crippen LogP contribution < -0.4 is 21.5 Å². The third kappa shape index (κ3) is 4.57. The van der Waals surface area contributed by atoms with E-state index in [0.29, 0.717) is 25.4 Å². The molecule has 2 rings (SSSR count). The molecule has 0 amide bonds. The summed E-state index contributed by atoms with van der Waals surface area (Å²) in [6, 6.07) is 13.3. The molecule has 0 aliphatic rings. The average molecular weight is 287 g/mol. The summed E-state index contributed by atoms with van der Waals surface area (Å²) in [5, 5.41) is 3.33. The Balaban J connectivity index is 2.03. The molecular weight excluding hydrogens is 266 g/mol. The van der Waals surface area contributed by atoms with Gasteiger partial charge in [0.05, 0.1) is 12.3 Å². The molecule has 0 saturated carbocycles. The number of benzene rings is 2. The van der Waals surface area contributed by atoms with Gasteiger partial charge in [0.1, 0.15) is 12.4 Å². The number of ether oxygens (including phenoxy) is 2. The van der Waals surface area contributed by atoms with E-state index < -0.39 is 0 Å². The van der Waals surface area contributed by atoms with Crippen molar-refractivity contribution in [3.05, 3.63) is 48.0 Å². The largest absolute Gasteiger partial charge is 0.489 e. The average Bonchev–Trinajstić information content (AvgIpc) is 2.49. The number of nitrogens with one attached hydrogen (secondary N) is 1. The zero-order valence-electron chi connectivity index (χ0n) is 12.1. The molecule has 5 heteroatoms. The van der Waals surface area contributed by atoms with Gasteiger partial charge >= 0.3 is 0 Å². The predicted molar refractivity (Wildman–Crippen MR) is 86.4 cm³/mol. The Morgan fingerprint density at radius 3 is 2.38 bits per heavy atom. The number of nitrogen functional groups attached to an aromatic ring is 2. The van der Waals surface area contributed by atoms with E-state index in [1.165, 1.54) is 0 Å². The monoisotopic (exact) mass is 287 g/mol. The van der Waals surface area contributed by atoms with E-state index in [1.807, 2.05) is 42.5 Å². The van der Waals surface area contributed by atoms with Gasteiger partial charge in [0, 0.05) is 25.0 Å². The van der Waals surface area contributed by atoms with Gasteiger partial charge < -0.3 is 26.3 Å². The second-order valence-corrected chi connectivity index (χ2v) is 4.69. The fourth-order valence-corrected chi connectivity index (χ4v) is 1.88. The molecule has 0 radical (unpaired) electrons. The molecule has 0 bridgehead atoms. The van der Waals surface area contributed by atoms with Crippen molar-refractivity contribution in [3.8, 4) is 5.75 Å². The molecular formula is C16H21N3O2. The quantitative estimate of drug-likeness (QED) is 0.538. The number of nitrogens with two attached hydrogens (primary N) is 2. The van der Waals surface area contributed by atoms with Crippen molar-refractivity contribution in [1.82, 2.24) is 0 Å². The van der Waals surface area contributed by atoms with Crippen molar-refractivity contribution in [3.63, 3.8) is 0 Å². The van der Waals surface area contributed by atoms with Crippen LogP contribution in [0.5, 0.6) is 5.75 Å². The third-order valence-corrected chi connectivity index (χ3v) is 3.01. The Hall–Kier alpha value is -2.40. The first kappa shape index (κ1) is 15.0. The predicted octanol–water partition coefficient (Wildman–Crippen LogP) is 2.49. The van der Waals surface area contributed by atoms with E-state index in [4.69, 9.17) is 20.9 Å². The smallest absolute Gasteiger partial charge is 0.142 e. The van der Waals surface area contributed by atoms with Crippen molar-refractivity contribution in [2.75, 3.05) is 37.1 Å². The molecule has 112 valence electrons. The molecule has 0 fully saturated rings. The molecule has 21 heavy (non-hydrogen) atoms. The van der Waals surface area contributed by atoms with Crippen LogP contribution in [0, 0.1) is 0 Å². The van der Waals surface area contributed by atoms with Crippen molar-refractivity contribution < 1.29 is 9.47 Å². The summed E-state index contributed by atoms with van der Waals surface area (Å²) in [7, 11) is 1.65. The normalized spacial score (nSPS) is 10.3. The van der Waals surface area contributed by atoms with E-state index in [2.05, 4.69) is 5.32 Å². The van der Waals surface area contributed by atoms with Crippen LogP contribution in [0.1, 0.15) is 5.56 Å². The topological polar surface area (TPSA) is 82.5 Å². The number of anilines is 3. The zero-order valence-corrected chi connectivity index (χ0v) is 12.1. The van der Waals surface area contributed by atoms with E-state index in [9.17, 15) is 0 Å². The van der Waals surface area contributed by atoms with Crippen LogP contribution in [-0.2, 0) is 11.3 Å². The Kier molecular flexibility index (Phi) is 5.29. The van der Waals surface area contributed by atoms with E-state index in [1.54, 1.807) is 7.11 Å². The first-order chi connectivity index (χ1) is 10.2. The van der Waals surface area contributed by atoms with Crippen LogP contribution >= 0.6 is 0 Å². The first-order valence-corrected chi connectivity index (χ1v) is 6.78. The van der Waals surface area contributed by atoms with Gasteiger partial charge in [0.2, 0.25) is 0 Å². The maximum absolute atomic E-state index is 5.83. The Bertz CT molecular complexity index is 570. The molecule has 0 aliphatic heterocycles. The number of hydrogen-bond donors (Lipinski definition) is 3. The second kappa shape index (κ2) is 7.40. The second-order valence-electron chi connectivity index (χ2n) is 4.69. The molecule has 0 unspecified atom stereocenters. The van der Waals surface area contributed by atoms with Crippen LogP contribution in [0.3, 0.4) is 0 Å². The number of hydrogen-bond acceptors (Lipinski definition) is 5. The molecule has 0 spiro atoms. The highest BCUT2D eigenvalue weighted by Gasteiger charge is 2.04. The first-order valence-electron chi connectivity index (χ1n) is 6.78. The lowest BCUT2D eigenvalue weighted by Gasteiger charge is -2.14. The summed E-state index contributed by atoms with van der Waals surface area (Å²) >= 11 is 0. The highest BCUT2D eigenvalue weighted by molar-refractivity contribution is 5.63. The lowest BCUT2D eigenvalue weighted by Crippen LogP contribution is -2.07. The van der Waals surface area contributed by atoms with Crippen molar-refractivity contribution in [2.24, 2.45) is 0 Å². The van der Waals surface area contributed by atoms with Gasteiger partial charge in [-0.05, 0) is 35.9 Å². The van der Waals surface area contributed by atoms with Crippen molar-refractivity contribution >= 4 is 17.1 Å². The molecule has 2 aromatic carbocycles. The number of rotatable bonds is 7. The Labute approximate surface area is 124 Å². The van der Waals surface area contributed by atoms with Crippen LogP contribution in [0.2, 0.25) is 0 Å². The van der Waals surface area contributed by atoms with Gasteiger partial charge in [-0.2, -0.15) is 0 Å². The minimum atomic E-state index is 0.497. The van der Waals surface area contributed by atoms with Crippen LogP contribution in [-0.4, -0.2) is 20.3 Å². The highest BCUT2D eigenvalue weighted by Crippen LogP contribution is 2.27. The van der Waals surface area contributed by atoms with Crippen molar-refractivity contribution in [2.45, 2.75) is 6.54 Å². The van der Waals surface area contributed by atoms with Crippen molar-refractivity contribution in [1.29, 1.82) is 0 Å². The molecule has 0 aromatic heterocycles. The maximum Gasteiger partial charge on any atom is 0.142 e. The lowest BCUT2D eigenvalue weighted by molar-refractivity contribution is 0.146. The Morgan fingerprint density at radius 1 is 0.952 bits per heavy atom. The highest BCUT2D eigenvalue weighted by atomic mass is 16.5. The summed E-state index contributed by atoms with van der Waals surface area (Å²) in [4.78, 5) is 0. The fourth-order valence-electron chi connectivity index (χ4n) is 1.88. The summed E-state index contributed by atoms with van der Waals surface area (Å²) < 4.78 is 10.7. The van der Waals surface area contributed by atoms with Gasteiger partial charge in [0.25, 0.3) is 0 Å². The fraction of sp³-hybridized carbons (Fsp3) is 0.250. The molecule has 5 nitrogen and oxygen atoms in total. The molecule has 0 atom stereocenters. The van der Waals surface area contributed by atoms with Gasteiger partial charge in [-0.25, -0.2) is 0 Å². The van der Waals surface area contributed by atoms with Crippen LogP contribution in [0.4, 0.5) is 17.1 Å². The summed E-state index contributed by atoms with van der Waals surface area (Å²) in [5.41, 5.74) is 15.0. The standard InChI is InChI=1S/C16H21N3O2/c1-20-8-9-21-16-7-6-14(18)10-15(16)19-11-12-2-4-13(17)5-3-12/h2-7,10,19H,8-9,11,17-18H2,1H3. The summed E-state index contributed by atoms with van der Waals surface area (Å²) in [6.45, 7) is 1.71. The maximum atomic E-state index is 5.83. The third-order valence-electron chi connectivity index (χ3n) is 3.01. The van der Waals surface area contributed by atoms with E-state index in [-0.39, 0.29) is 0 Å². The van der Waals surface area contributed by atoms with E-state index >= 15 is 0 Å². The zero-order chi connectivity index (χ0) is 15.1. The van der Waals surface area contributed by atoms with Crippen LogP contribution in [0.15, 0.2) is 42.5 Å². The summed E-state index contributed by atoms with van der Waals surface area (Å²) in [5.74, 6) is 0.761. The van der Waals surface area contributed by atoms with E-state index in [0.717, 1.165) is 22.7 Å². The molecule has 0 saturated heterocycles. The minimum absolute atomic E-state index is 0.497.